The van der Waals surface area contributed by atoms with Gasteiger partial charge in [-0.1, -0.05) is 13.8 Å². The van der Waals surface area contributed by atoms with Crippen molar-refractivity contribution in [2.45, 2.75) is 39.5 Å². The smallest absolute Gasteiger partial charge is 0.323 e. The summed E-state index contributed by atoms with van der Waals surface area (Å²) in [7, 11) is 0. The Labute approximate surface area is 319 Å². The Kier molecular flexibility index (Phi) is 7.12. The zero-order chi connectivity index (χ0) is 38.7. The van der Waals surface area contributed by atoms with E-state index >= 15 is 0 Å². The van der Waals surface area contributed by atoms with Gasteiger partial charge in [0.2, 0.25) is 0 Å². The number of urea groups is 1. The van der Waals surface area contributed by atoms with Gasteiger partial charge >= 0.3 is 6.03 Å². The summed E-state index contributed by atoms with van der Waals surface area (Å²) in [5.74, 6) is -0.0322. The van der Waals surface area contributed by atoms with Gasteiger partial charge in [0.25, 0.3) is 11.8 Å². The number of aromatic hydroxyl groups is 2. The van der Waals surface area contributed by atoms with Crippen molar-refractivity contribution in [3.05, 3.63) is 107 Å². The number of H-pyrrole nitrogens is 4. The molecule has 4 aromatic heterocycles. The normalized spacial score (nSPS) is 16.4. The number of amides is 4. The molecule has 0 fully saturated rings. The molecule has 4 aromatic carbocycles. The van der Waals surface area contributed by atoms with Gasteiger partial charge in [-0.05, 0) is 84.6 Å². The van der Waals surface area contributed by atoms with Gasteiger partial charge in [-0.25, -0.2) is 4.79 Å². The van der Waals surface area contributed by atoms with Crippen LogP contribution in [-0.2, 0) is 0 Å². The maximum absolute atomic E-state index is 13.9. The van der Waals surface area contributed by atoms with Crippen LogP contribution in [0.3, 0.4) is 0 Å². The van der Waals surface area contributed by atoms with Crippen molar-refractivity contribution in [2.75, 3.05) is 33.5 Å². The van der Waals surface area contributed by atoms with Crippen molar-refractivity contribution in [3.8, 4) is 11.5 Å². The van der Waals surface area contributed by atoms with E-state index in [4.69, 9.17) is 0 Å². The molecule has 13 heteroatoms. The Morgan fingerprint density at radius 3 is 1.50 bits per heavy atom. The molecule has 0 bridgehead atoms. The number of rotatable bonds is 4. The highest BCUT2D eigenvalue weighted by molar-refractivity contribution is 6.13. The van der Waals surface area contributed by atoms with E-state index in [-0.39, 0.29) is 35.1 Å². The summed E-state index contributed by atoms with van der Waals surface area (Å²) >= 11 is 0. The molecule has 0 spiro atoms. The number of phenolic OH excluding ortho intramolecular Hbond substituents is 2. The number of carbonyl (C=O) groups is 3. The predicted octanol–water partition coefficient (Wildman–Crippen LogP) is 8.81. The molecule has 13 nitrogen and oxygen atoms in total. The zero-order valence-corrected chi connectivity index (χ0v) is 31.0. The monoisotopic (exact) mass is 746 g/mol. The van der Waals surface area contributed by atoms with Crippen molar-refractivity contribution in [2.24, 2.45) is 0 Å². The number of aryl methyl sites for hydroxylation is 2. The predicted molar refractivity (Wildman–Crippen MR) is 219 cm³/mol. The number of carbonyl (C=O) groups excluding carboxylic acids is 3. The lowest BCUT2D eigenvalue weighted by molar-refractivity contribution is 0.0977. The lowest BCUT2D eigenvalue weighted by atomic mass is 9.97. The number of hydrogen-bond acceptors (Lipinski definition) is 5. The Bertz CT molecular complexity index is 2800. The summed E-state index contributed by atoms with van der Waals surface area (Å²) in [6.07, 6.45) is 3.74. The van der Waals surface area contributed by atoms with E-state index in [1.165, 1.54) is 0 Å². The molecule has 56 heavy (non-hydrogen) atoms. The van der Waals surface area contributed by atoms with Crippen LogP contribution in [0.25, 0.3) is 43.6 Å². The zero-order valence-electron chi connectivity index (χ0n) is 31.0. The minimum atomic E-state index is -0.454. The highest BCUT2D eigenvalue weighted by Gasteiger charge is 2.36. The van der Waals surface area contributed by atoms with Gasteiger partial charge in [0.15, 0.2) is 0 Å². The molecule has 6 heterocycles. The average Bonchev–Trinajstić information content (AvgIpc) is 4.02. The maximum Gasteiger partial charge on any atom is 0.323 e. The first kappa shape index (κ1) is 33.4. The average molecular weight is 747 g/mol. The van der Waals surface area contributed by atoms with Crippen LogP contribution in [0.15, 0.2) is 73.1 Å². The first-order valence-corrected chi connectivity index (χ1v) is 18.6. The van der Waals surface area contributed by atoms with Crippen molar-refractivity contribution in [3.63, 3.8) is 0 Å². The number of fused-ring (bicyclic) bond motifs is 8. The van der Waals surface area contributed by atoms with Gasteiger partial charge in [0, 0.05) is 93.4 Å². The molecule has 2 aliphatic heterocycles. The third-order valence-corrected chi connectivity index (χ3v) is 11.5. The van der Waals surface area contributed by atoms with Crippen molar-refractivity contribution < 1.29 is 24.6 Å². The minimum absolute atomic E-state index is 0.0852. The second-order valence-corrected chi connectivity index (χ2v) is 15.3. The van der Waals surface area contributed by atoms with Gasteiger partial charge in [-0.15, -0.1) is 0 Å². The lowest BCUT2D eigenvalue weighted by Gasteiger charge is -2.17. The van der Waals surface area contributed by atoms with Crippen molar-refractivity contribution in [1.29, 1.82) is 0 Å². The summed E-state index contributed by atoms with van der Waals surface area (Å²) in [5.41, 5.74) is 10.3. The number of anilines is 4. The fraction of sp³-hybridized carbons (Fsp3) is 0.186. The highest BCUT2D eigenvalue weighted by atomic mass is 16.3. The van der Waals surface area contributed by atoms with E-state index in [1.807, 2.05) is 38.4 Å². The molecule has 10 rings (SSSR count). The Morgan fingerprint density at radius 2 is 1.07 bits per heavy atom. The number of nitrogens with one attached hydrogen (secondary N) is 6. The van der Waals surface area contributed by atoms with Crippen LogP contribution in [0.5, 0.6) is 11.5 Å². The molecule has 2 atom stereocenters. The van der Waals surface area contributed by atoms with E-state index in [0.717, 1.165) is 54.8 Å². The second kappa shape index (κ2) is 11.9. The minimum Gasteiger partial charge on any atom is -0.506 e. The molecule has 0 aliphatic carbocycles. The van der Waals surface area contributed by atoms with Crippen LogP contribution in [0, 0.1) is 13.8 Å². The topological polar surface area (TPSA) is 185 Å². The first-order valence-electron chi connectivity index (χ1n) is 18.6. The molecule has 0 saturated heterocycles. The SMILES string of the molecule is Cc1c[nH]c2c(O)cc3c(c12)[C@H](C)CN3C(=O)c1cc2cc(NC(=O)Nc3ccc4[nH]c(C(=O)N5C[C@@H](C)c6c5cc(O)c5[nH]cc(C)c65)cc4c3)ccc2[nH]1. The molecule has 8 N–H and O–H groups in total. The van der Waals surface area contributed by atoms with Gasteiger partial charge in [0.05, 0.1) is 22.4 Å². The van der Waals surface area contributed by atoms with Crippen LogP contribution >= 0.6 is 0 Å². The molecule has 2 aliphatic rings. The van der Waals surface area contributed by atoms with E-state index < -0.39 is 6.03 Å². The van der Waals surface area contributed by atoms with Crippen molar-refractivity contribution in [1.82, 2.24) is 19.9 Å². The summed E-state index contributed by atoms with van der Waals surface area (Å²) in [6.45, 7) is 9.12. The summed E-state index contributed by atoms with van der Waals surface area (Å²) in [4.78, 5) is 57.1. The number of nitrogens with zero attached hydrogens (tertiary/aromatic N) is 2. The van der Waals surface area contributed by atoms with Crippen LogP contribution in [0.4, 0.5) is 27.5 Å². The van der Waals surface area contributed by atoms with Crippen LogP contribution in [0.1, 0.15) is 68.9 Å². The Morgan fingerprint density at radius 1 is 0.643 bits per heavy atom. The number of phenols is 2. The highest BCUT2D eigenvalue weighted by Crippen LogP contribution is 2.47. The fourth-order valence-corrected chi connectivity index (χ4v) is 8.95. The van der Waals surface area contributed by atoms with E-state index in [0.29, 0.717) is 58.3 Å². The molecular weight excluding hydrogens is 709 g/mol. The fourth-order valence-electron chi connectivity index (χ4n) is 8.95. The van der Waals surface area contributed by atoms with Crippen LogP contribution in [-0.4, -0.2) is 61.1 Å². The largest absolute Gasteiger partial charge is 0.506 e. The third kappa shape index (κ3) is 4.96. The number of aromatic amines is 4. The van der Waals surface area contributed by atoms with Gasteiger partial charge < -0.3 is 50.6 Å². The van der Waals surface area contributed by atoms with E-state index in [2.05, 4.69) is 44.4 Å². The van der Waals surface area contributed by atoms with Gasteiger partial charge in [0.1, 0.15) is 22.9 Å². The standard InChI is InChI=1S/C43H38N8O5/c1-19-15-44-39-33(52)13-31-35(37(19)39)21(3)17-50(31)41(54)29-11-23-9-25(5-7-27(23)48-29)46-43(56)47-26-6-8-28-24(10-26)12-30(49-28)42(55)51-18-22(4)36-32(51)14-34(53)40-38(36)20(2)16-45-40/h5-16,21-22,44-45,48-49,52-53H,17-18H2,1-4H3,(H2,46,47,56)/t21-,22-/m1/s1. The number of benzene rings is 4. The molecular formula is C43H38N8O5. The summed E-state index contributed by atoms with van der Waals surface area (Å²) in [5, 5.41) is 30.7. The molecule has 0 radical (unpaired) electrons. The van der Waals surface area contributed by atoms with Gasteiger partial charge in [-0.3, -0.25) is 9.59 Å². The van der Waals surface area contributed by atoms with Crippen LogP contribution < -0.4 is 20.4 Å². The first-order chi connectivity index (χ1) is 26.9. The second-order valence-electron chi connectivity index (χ2n) is 15.3. The molecule has 0 unspecified atom stereocenters. The Balaban J connectivity index is 0.846. The molecule has 8 aromatic rings. The summed E-state index contributed by atoms with van der Waals surface area (Å²) in [6, 6.07) is 17.2. The third-order valence-electron chi connectivity index (χ3n) is 11.5. The number of aromatic nitrogens is 4. The number of hydrogen-bond donors (Lipinski definition) is 8. The van der Waals surface area contributed by atoms with E-state index in [9.17, 15) is 24.6 Å². The molecule has 0 saturated carbocycles. The van der Waals surface area contributed by atoms with Gasteiger partial charge in [-0.2, -0.15) is 0 Å². The lowest BCUT2D eigenvalue weighted by Crippen LogP contribution is -2.29. The maximum atomic E-state index is 13.9. The Hall–Kier alpha value is -7.15. The quantitative estimate of drug-likeness (QED) is 0.0893. The van der Waals surface area contributed by atoms with Crippen LogP contribution in [0.2, 0.25) is 0 Å². The molecule has 280 valence electrons. The molecule has 4 amide bonds. The summed E-state index contributed by atoms with van der Waals surface area (Å²) < 4.78 is 0. The van der Waals surface area contributed by atoms with Crippen molar-refractivity contribution >= 4 is 84.2 Å². The van der Waals surface area contributed by atoms with E-state index in [1.54, 1.807) is 58.3 Å².